The van der Waals surface area contributed by atoms with Crippen molar-refractivity contribution in [2.24, 2.45) is 10.9 Å². The van der Waals surface area contributed by atoms with Crippen LogP contribution in [-0.4, -0.2) is 17.0 Å². The second-order valence-electron chi connectivity index (χ2n) is 4.14. The zero-order valence-corrected chi connectivity index (χ0v) is 12.3. The number of oxime groups is 1. The van der Waals surface area contributed by atoms with Gasteiger partial charge in [-0.3, -0.25) is 4.79 Å². The molecule has 0 aliphatic rings. The normalized spacial score (nSPS) is 11.2. The van der Waals surface area contributed by atoms with Crippen molar-refractivity contribution < 1.29 is 14.4 Å². The van der Waals surface area contributed by atoms with E-state index in [1.54, 1.807) is 24.3 Å². The summed E-state index contributed by atoms with van der Waals surface area (Å²) >= 11 is 3.14. The quantitative estimate of drug-likeness (QED) is 0.344. The molecular weight excluding hydrogens is 341 g/mol. The van der Waals surface area contributed by atoms with Crippen LogP contribution in [0, 0.1) is 5.82 Å². The zero-order valence-electron chi connectivity index (χ0n) is 10.7. The molecule has 0 aliphatic carbocycles. The molecule has 7 heteroatoms. The smallest absolute Gasteiger partial charge is 0.256 e. The fourth-order valence-electron chi connectivity index (χ4n) is 1.69. The SMILES string of the molecule is N/C(=N/O)c1cccc(NC(=O)c2ccc(F)cc2Br)c1. The Balaban J connectivity index is 2.23. The Labute approximate surface area is 128 Å². The average Bonchev–Trinajstić information content (AvgIpc) is 2.46. The standard InChI is InChI=1S/C14H11BrFN3O2/c15-12-7-9(16)4-5-11(12)14(20)18-10-3-1-2-8(6-10)13(17)19-21/h1-7,21H,(H2,17,19)(H,18,20). The van der Waals surface area contributed by atoms with Gasteiger partial charge in [0.25, 0.3) is 5.91 Å². The van der Waals surface area contributed by atoms with E-state index in [1.807, 2.05) is 0 Å². The molecule has 0 fully saturated rings. The molecule has 1 amide bonds. The Morgan fingerprint density at radius 2 is 2.05 bits per heavy atom. The first-order chi connectivity index (χ1) is 10.0. The maximum absolute atomic E-state index is 13.0. The van der Waals surface area contributed by atoms with Crippen molar-refractivity contribution in [3.8, 4) is 0 Å². The number of carbonyl (C=O) groups is 1. The molecule has 0 bridgehead atoms. The van der Waals surface area contributed by atoms with Gasteiger partial charge in [0.1, 0.15) is 5.82 Å². The van der Waals surface area contributed by atoms with Gasteiger partial charge in [-0.15, -0.1) is 0 Å². The van der Waals surface area contributed by atoms with Crippen LogP contribution in [0.15, 0.2) is 52.1 Å². The van der Waals surface area contributed by atoms with E-state index in [2.05, 4.69) is 26.4 Å². The Hall–Kier alpha value is -2.41. The van der Waals surface area contributed by atoms with E-state index in [0.717, 1.165) is 0 Å². The van der Waals surface area contributed by atoms with Crippen molar-refractivity contribution in [1.82, 2.24) is 0 Å². The number of nitrogens with zero attached hydrogens (tertiary/aromatic N) is 1. The van der Waals surface area contributed by atoms with Crippen molar-refractivity contribution in [3.05, 3.63) is 63.9 Å². The summed E-state index contributed by atoms with van der Waals surface area (Å²) in [6, 6.07) is 10.3. The number of hydrogen-bond acceptors (Lipinski definition) is 3. The molecule has 21 heavy (non-hydrogen) atoms. The van der Waals surface area contributed by atoms with Crippen LogP contribution < -0.4 is 11.1 Å². The van der Waals surface area contributed by atoms with Gasteiger partial charge in [0.15, 0.2) is 5.84 Å². The number of nitrogens with one attached hydrogen (secondary N) is 1. The predicted octanol–water partition coefficient (Wildman–Crippen LogP) is 2.94. The van der Waals surface area contributed by atoms with E-state index in [0.29, 0.717) is 21.3 Å². The fourth-order valence-corrected chi connectivity index (χ4v) is 2.22. The lowest BCUT2D eigenvalue weighted by Gasteiger charge is -2.08. The third kappa shape index (κ3) is 3.57. The minimum absolute atomic E-state index is 0.0611. The summed E-state index contributed by atoms with van der Waals surface area (Å²) in [6.45, 7) is 0. The van der Waals surface area contributed by atoms with Crippen LogP contribution in [0.5, 0.6) is 0 Å². The molecule has 0 atom stereocenters. The van der Waals surface area contributed by atoms with Gasteiger partial charge in [-0.1, -0.05) is 17.3 Å². The first kappa shape index (κ1) is 15.0. The van der Waals surface area contributed by atoms with Crippen molar-refractivity contribution in [2.75, 3.05) is 5.32 Å². The molecule has 5 nitrogen and oxygen atoms in total. The Bertz CT molecular complexity index is 719. The molecule has 2 aromatic rings. The molecule has 2 aromatic carbocycles. The number of carbonyl (C=O) groups excluding carboxylic acids is 1. The number of halogens is 2. The Kier molecular flexibility index (Phi) is 4.54. The van der Waals surface area contributed by atoms with Gasteiger partial charge < -0.3 is 16.3 Å². The molecule has 0 radical (unpaired) electrons. The molecule has 0 saturated heterocycles. The molecular formula is C14H11BrFN3O2. The number of nitrogens with two attached hydrogens (primary N) is 1. The third-order valence-corrected chi connectivity index (χ3v) is 3.36. The predicted molar refractivity (Wildman–Crippen MR) is 81.0 cm³/mol. The molecule has 2 rings (SSSR count). The number of rotatable bonds is 3. The van der Waals surface area contributed by atoms with Gasteiger partial charge in [0.2, 0.25) is 0 Å². The minimum atomic E-state index is -0.438. The van der Waals surface area contributed by atoms with E-state index < -0.39 is 11.7 Å². The highest BCUT2D eigenvalue weighted by molar-refractivity contribution is 9.10. The summed E-state index contributed by atoms with van der Waals surface area (Å²) in [6.07, 6.45) is 0. The largest absolute Gasteiger partial charge is 0.409 e. The first-order valence-electron chi connectivity index (χ1n) is 5.85. The molecule has 0 aromatic heterocycles. The van der Waals surface area contributed by atoms with Crippen LogP contribution >= 0.6 is 15.9 Å². The van der Waals surface area contributed by atoms with Gasteiger partial charge >= 0.3 is 0 Å². The molecule has 0 heterocycles. The third-order valence-electron chi connectivity index (χ3n) is 2.70. The Morgan fingerprint density at radius 1 is 1.29 bits per heavy atom. The number of amidine groups is 1. The molecule has 0 saturated carbocycles. The van der Waals surface area contributed by atoms with Crippen LogP contribution in [0.4, 0.5) is 10.1 Å². The molecule has 108 valence electrons. The van der Waals surface area contributed by atoms with E-state index in [4.69, 9.17) is 10.9 Å². The number of benzene rings is 2. The maximum atomic E-state index is 13.0. The van der Waals surface area contributed by atoms with Gasteiger partial charge in [0, 0.05) is 15.7 Å². The molecule has 0 spiro atoms. The van der Waals surface area contributed by atoms with Crippen molar-refractivity contribution in [1.29, 1.82) is 0 Å². The first-order valence-corrected chi connectivity index (χ1v) is 6.65. The zero-order chi connectivity index (χ0) is 15.4. The lowest BCUT2D eigenvalue weighted by molar-refractivity contribution is 0.102. The van der Waals surface area contributed by atoms with E-state index in [-0.39, 0.29) is 5.84 Å². The lowest BCUT2D eigenvalue weighted by Crippen LogP contribution is -2.15. The topological polar surface area (TPSA) is 87.7 Å². The maximum Gasteiger partial charge on any atom is 0.256 e. The highest BCUT2D eigenvalue weighted by atomic mass is 79.9. The lowest BCUT2D eigenvalue weighted by atomic mass is 10.1. The van der Waals surface area contributed by atoms with Crippen LogP contribution in [0.2, 0.25) is 0 Å². The van der Waals surface area contributed by atoms with Crippen LogP contribution in [-0.2, 0) is 0 Å². The van der Waals surface area contributed by atoms with E-state index in [9.17, 15) is 9.18 Å². The second kappa shape index (κ2) is 6.36. The average molecular weight is 352 g/mol. The summed E-state index contributed by atoms with van der Waals surface area (Å²) in [5, 5.41) is 14.2. The summed E-state index contributed by atoms with van der Waals surface area (Å²) in [5.41, 5.74) is 6.72. The van der Waals surface area contributed by atoms with Gasteiger partial charge in [0.05, 0.1) is 5.56 Å². The summed E-state index contributed by atoms with van der Waals surface area (Å²) in [5.74, 6) is -0.903. The highest BCUT2D eigenvalue weighted by Crippen LogP contribution is 2.20. The van der Waals surface area contributed by atoms with E-state index >= 15 is 0 Å². The summed E-state index contributed by atoms with van der Waals surface area (Å²) in [7, 11) is 0. The Morgan fingerprint density at radius 3 is 2.71 bits per heavy atom. The fraction of sp³-hybridized carbons (Fsp3) is 0. The minimum Gasteiger partial charge on any atom is -0.409 e. The number of anilines is 1. The molecule has 0 unspecified atom stereocenters. The highest BCUT2D eigenvalue weighted by Gasteiger charge is 2.11. The van der Waals surface area contributed by atoms with Gasteiger partial charge in [-0.25, -0.2) is 4.39 Å². The van der Waals surface area contributed by atoms with Crippen LogP contribution in [0.25, 0.3) is 0 Å². The molecule has 4 N–H and O–H groups in total. The van der Waals surface area contributed by atoms with Gasteiger partial charge in [-0.05, 0) is 46.3 Å². The van der Waals surface area contributed by atoms with Crippen molar-refractivity contribution >= 4 is 33.4 Å². The molecule has 0 aliphatic heterocycles. The second-order valence-corrected chi connectivity index (χ2v) is 5.00. The van der Waals surface area contributed by atoms with Crippen molar-refractivity contribution in [2.45, 2.75) is 0 Å². The van der Waals surface area contributed by atoms with Crippen molar-refractivity contribution in [3.63, 3.8) is 0 Å². The van der Waals surface area contributed by atoms with Crippen LogP contribution in [0.3, 0.4) is 0 Å². The number of hydrogen-bond donors (Lipinski definition) is 3. The van der Waals surface area contributed by atoms with E-state index in [1.165, 1.54) is 18.2 Å². The number of amides is 1. The van der Waals surface area contributed by atoms with Crippen LogP contribution in [0.1, 0.15) is 15.9 Å². The van der Waals surface area contributed by atoms with Gasteiger partial charge in [-0.2, -0.15) is 0 Å². The monoisotopic (exact) mass is 351 g/mol. The summed E-state index contributed by atoms with van der Waals surface area (Å²) in [4.78, 5) is 12.1. The summed E-state index contributed by atoms with van der Waals surface area (Å²) < 4.78 is 13.4.